The second-order valence-corrected chi connectivity index (χ2v) is 3.26. The number of hydrogen-bond donors (Lipinski definition) is 4. The summed E-state index contributed by atoms with van der Waals surface area (Å²) in [6, 6.07) is 3.42. The van der Waals surface area contributed by atoms with E-state index in [2.05, 4.69) is 15.6 Å². The summed E-state index contributed by atoms with van der Waals surface area (Å²) in [6.45, 7) is 0.348. The van der Waals surface area contributed by atoms with Crippen LogP contribution in [-0.4, -0.2) is 41.1 Å². The monoisotopic (exact) mass is 252 g/mol. The molecule has 0 saturated carbocycles. The SMILES string of the molecule is NC(=O)NCCNC(=O)c1cccc(C(=O)O)n1. The summed E-state index contributed by atoms with van der Waals surface area (Å²) in [7, 11) is 0. The van der Waals surface area contributed by atoms with Gasteiger partial charge in [0.25, 0.3) is 5.91 Å². The maximum absolute atomic E-state index is 11.6. The second-order valence-electron chi connectivity index (χ2n) is 3.26. The van der Waals surface area contributed by atoms with Gasteiger partial charge in [-0.05, 0) is 12.1 Å². The van der Waals surface area contributed by atoms with Gasteiger partial charge in [0.2, 0.25) is 0 Å². The third-order valence-corrected chi connectivity index (χ3v) is 1.91. The van der Waals surface area contributed by atoms with Crippen LogP contribution in [0.2, 0.25) is 0 Å². The van der Waals surface area contributed by atoms with Gasteiger partial charge in [0, 0.05) is 13.1 Å². The Bertz CT molecular complexity index is 475. The molecule has 18 heavy (non-hydrogen) atoms. The molecule has 3 amide bonds. The summed E-state index contributed by atoms with van der Waals surface area (Å²) in [4.78, 5) is 36.2. The topological polar surface area (TPSA) is 134 Å². The van der Waals surface area contributed by atoms with E-state index < -0.39 is 17.9 Å². The highest BCUT2D eigenvalue weighted by molar-refractivity contribution is 5.94. The zero-order chi connectivity index (χ0) is 13.5. The van der Waals surface area contributed by atoms with Crippen LogP contribution in [0.1, 0.15) is 21.0 Å². The largest absolute Gasteiger partial charge is 0.477 e. The zero-order valence-corrected chi connectivity index (χ0v) is 9.34. The average Bonchev–Trinajstić information content (AvgIpc) is 2.34. The fourth-order valence-electron chi connectivity index (χ4n) is 1.13. The molecule has 0 radical (unpaired) electrons. The smallest absolute Gasteiger partial charge is 0.354 e. The van der Waals surface area contributed by atoms with Gasteiger partial charge in [0.05, 0.1) is 0 Å². The predicted molar refractivity (Wildman–Crippen MR) is 61.1 cm³/mol. The first-order valence-electron chi connectivity index (χ1n) is 5.02. The summed E-state index contributed by atoms with van der Waals surface area (Å²) in [5.74, 6) is -1.73. The number of aromatic nitrogens is 1. The van der Waals surface area contributed by atoms with Crippen LogP contribution in [0, 0.1) is 0 Å². The maximum Gasteiger partial charge on any atom is 0.354 e. The van der Waals surface area contributed by atoms with Crippen molar-refractivity contribution in [2.45, 2.75) is 0 Å². The molecule has 0 aromatic carbocycles. The molecule has 0 saturated heterocycles. The maximum atomic E-state index is 11.6. The third kappa shape index (κ3) is 4.08. The van der Waals surface area contributed by atoms with E-state index in [4.69, 9.17) is 10.8 Å². The van der Waals surface area contributed by atoms with E-state index in [0.717, 1.165) is 0 Å². The molecule has 1 heterocycles. The molecule has 0 fully saturated rings. The molecule has 0 aliphatic rings. The quantitative estimate of drug-likeness (QED) is 0.508. The number of nitrogens with two attached hydrogens (primary N) is 1. The van der Waals surface area contributed by atoms with Crippen molar-refractivity contribution < 1.29 is 19.5 Å². The van der Waals surface area contributed by atoms with Crippen molar-refractivity contribution in [1.82, 2.24) is 15.6 Å². The average molecular weight is 252 g/mol. The number of carbonyl (C=O) groups excluding carboxylic acids is 2. The standard InChI is InChI=1S/C10H12N4O4/c11-10(18)13-5-4-12-8(15)6-2-1-3-7(14-6)9(16)17/h1-3H,4-5H2,(H,12,15)(H,16,17)(H3,11,13,18). The molecule has 0 aliphatic carbocycles. The summed E-state index contributed by atoms with van der Waals surface area (Å²) in [5.41, 5.74) is 4.62. The number of carboxylic acids is 1. The molecule has 0 unspecified atom stereocenters. The lowest BCUT2D eigenvalue weighted by molar-refractivity contribution is 0.0690. The number of rotatable bonds is 5. The minimum Gasteiger partial charge on any atom is -0.477 e. The van der Waals surface area contributed by atoms with E-state index in [1.807, 2.05) is 0 Å². The van der Waals surface area contributed by atoms with Crippen molar-refractivity contribution in [2.75, 3.05) is 13.1 Å². The number of hydrogen-bond acceptors (Lipinski definition) is 4. The Morgan fingerprint density at radius 1 is 1.17 bits per heavy atom. The van der Waals surface area contributed by atoms with E-state index in [9.17, 15) is 14.4 Å². The summed E-state index contributed by atoms with van der Waals surface area (Å²) < 4.78 is 0. The number of nitrogens with zero attached hydrogens (tertiary/aromatic N) is 1. The van der Waals surface area contributed by atoms with E-state index >= 15 is 0 Å². The predicted octanol–water partition coefficient (Wildman–Crippen LogP) is -0.822. The first-order chi connectivity index (χ1) is 8.50. The van der Waals surface area contributed by atoms with Crippen molar-refractivity contribution >= 4 is 17.9 Å². The van der Waals surface area contributed by atoms with Crippen LogP contribution < -0.4 is 16.4 Å². The van der Waals surface area contributed by atoms with Crippen LogP contribution in [0.4, 0.5) is 4.79 Å². The van der Waals surface area contributed by atoms with Gasteiger partial charge in [0.15, 0.2) is 0 Å². The minimum absolute atomic E-state index is 0.00558. The Hall–Kier alpha value is -2.64. The molecular formula is C10H12N4O4. The Kier molecular flexibility index (Phi) is 4.61. The number of pyridine rings is 1. The molecular weight excluding hydrogens is 240 g/mol. The number of carboxylic acid groups (broad SMARTS) is 1. The van der Waals surface area contributed by atoms with Gasteiger partial charge >= 0.3 is 12.0 Å². The first kappa shape index (κ1) is 13.4. The molecule has 8 nitrogen and oxygen atoms in total. The van der Waals surface area contributed by atoms with Crippen LogP contribution in [0.25, 0.3) is 0 Å². The normalized spacial score (nSPS) is 9.56. The van der Waals surface area contributed by atoms with Crippen molar-refractivity contribution in [2.24, 2.45) is 5.73 Å². The van der Waals surface area contributed by atoms with Crippen molar-refractivity contribution in [1.29, 1.82) is 0 Å². The van der Waals surface area contributed by atoms with Gasteiger partial charge in [-0.25, -0.2) is 14.6 Å². The Morgan fingerprint density at radius 3 is 2.39 bits per heavy atom. The lowest BCUT2D eigenvalue weighted by Gasteiger charge is -2.05. The van der Waals surface area contributed by atoms with Gasteiger partial charge < -0.3 is 21.5 Å². The van der Waals surface area contributed by atoms with Crippen LogP contribution in [0.3, 0.4) is 0 Å². The lowest BCUT2D eigenvalue weighted by atomic mass is 10.3. The van der Waals surface area contributed by atoms with Crippen molar-refractivity contribution in [3.05, 3.63) is 29.6 Å². The number of carbonyl (C=O) groups is 3. The van der Waals surface area contributed by atoms with E-state index in [0.29, 0.717) is 0 Å². The van der Waals surface area contributed by atoms with Gasteiger partial charge in [-0.1, -0.05) is 6.07 Å². The third-order valence-electron chi connectivity index (χ3n) is 1.91. The van der Waals surface area contributed by atoms with Gasteiger partial charge in [-0.3, -0.25) is 4.79 Å². The minimum atomic E-state index is -1.21. The van der Waals surface area contributed by atoms with Gasteiger partial charge in [-0.15, -0.1) is 0 Å². The molecule has 1 aromatic heterocycles. The Balaban J connectivity index is 2.53. The highest BCUT2D eigenvalue weighted by Crippen LogP contribution is 1.99. The first-order valence-corrected chi connectivity index (χ1v) is 5.02. The zero-order valence-electron chi connectivity index (χ0n) is 9.34. The van der Waals surface area contributed by atoms with Crippen molar-refractivity contribution in [3.63, 3.8) is 0 Å². The molecule has 0 spiro atoms. The fraction of sp³-hybridized carbons (Fsp3) is 0.200. The second kappa shape index (κ2) is 6.18. The number of amides is 3. The summed E-state index contributed by atoms with van der Waals surface area (Å²) in [6.07, 6.45) is 0. The lowest BCUT2D eigenvalue weighted by Crippen LogP contribution is -2.37. The Morgan fingerprint density at radius 2 is 1.78 bits per heavy atom. The molecule has 96 valence electrons. The van der Waals surface area contributed by atoms with E-state index in [1.54, 1.807) is 0 Å². The number of primary amides is 1. The highest BCUT2D eigenvalue weighted by Gasteiger charge is 2.10. The van der Waals surface area contributed by atoms with Crippen molar-refractivity contribution in [3.8, 4) is 0 Å². The van der Waals surface area contributed by atoms with Crippen LogP contribution in [0.5, 0.6) is 0 Å². The molecule has 1 aromatic rings. The van der Waals surface area contributed by atoms with Crippen LogP contribution >= 0.6 is 0 Å². The molecule has 5 N–H and O–H groups in total. The van der Waals surface area contributed by atoms with Crippen LogP contribution in [0.15, 0.2) is 18.2 Å². The molecule has 0 atom stereocenters. The molecule has 0 bridgehead atoms. The van der Waals surface area contributed by atoms with E-state index in [-0.39, 0.29) is 24.5 Å². The fourth-order valence-corrected chi connectivity index (χ4v) is 1.13. The van der Waals surface area contributed by atoms with Crippen LogP contribution in [-0.2, 0) is 0 Å². The molecule has 8 heteroatoms. The Labute approximate surface area is 102 Å². The van der Waals surface area contributed by atoms with Gasteiger partial charge in [-0.2, -0.15) is 0 Å². The summed E-state index contributed by atoms with van der Waals surface area (Å²) in [5, 5.41) is 13.5. The highest BCUT2D eigenvalue weighted by atomic mass is 16.4. The number of aromatic carboxylic acids is 1. The number of urea groups is 1. The molecule has 0 aliphatic heterocycles. The summed E-state index contributed by atoms with van der Waals surface area (Å²) >= 11 is 0. The van der Waals surface area contributed by atoms with E-state index in [1.165, 1.54) is 18.2 Å². The van der Waals surface area contributed by atoms with Gasteiger partial charge in [0.1, 0.15) is 11.4 Å². The molecule has 1 rings (SSSR count). The number of nitrogens with one attached hydrogen (secondary N) is 2.